The molecule has 6 nitrogen and oxygen atoms in total. The fourth-order valence-corrected chi connectivity index (χ4v) is 3.51. The highest BCUT2D eigenvalue weighted by molar-refractivity contribution is 5.91. The number of nitrogens with zero attached hydrogens (tertiary/aromatic N) is 3. The van der Waals surface area contributed by atoms with Crippen LogP contribution in [0.1, 0.15) is 51.5 Å². The first-order valence-electron chi connectivity index (χ1n) is 8.60. The predicted octanol–water partition coefficient (Wildman–Crippen LogP) is 4.27. The zero-order valence-corrected chi connectivity index (χ0v) is 15.0. The Bertz CT molecular complexity index is 1060. The SMILES string of the molecule is Cc1ccc(Cn2cc3c(n2)-c2c(oc(C(=O)O)c2C(F)(F)F)CC3C)nc1. The molecule has 0 bridgehead atoms. The molecule has 146 valence electrons. The Hall–Kier alpha value is -3.10. The third kappa shape index (κ3) is 2.96. The highest BCUT2D eigenvalue weighted by Crippen LogP contribution is 2.48. The molecular formula is C19H16F3N3O3. The van der Waals surface area contributed by atoms with Crippen LogP contribution in [0.15, 0.2) is 28.9 Å². The van der Waals surface area contributed by atoms with E-state index in [9.17, 15) is 23.1 Å². The summed E-state index contributed by atoms with van der Waals surface area (Å²) in [6.45, 7) is 4.04. The molecule has 0 aromatic carbocycles. The van der Waals surface area contributed by atoms with Crippen molar-refractivity contribution in [2.45, 2.75) is 38.9 Å². The van der Waals surface area contributed by atoms with Crippen LogP contribution in [-0.2, 0) is 19.1 Å². The molecule has 0 spiro atoms. The Morgan fingerprint density at radius 1 is 1.39 bits per heavy atom. The van der Waals surface area contributed by atoms with Crippen LogP contribution >= 0.6 is 0 Å². The number of aryl methyl sites for hydroxylation is 1. The topological polar surface area (TPSA) is 81.2 Å². The molecule has 1 aliphatic carbocycles. The normalized spacial score (nSPS) is 16.0. The van der Waals surface area contributed by atoms with Crippen LogP contribution in [0.25, 0.3) is 11.3 Å². The minimum absolute atomic E-state index is 0.00318. The first-order chi connectivity index (χ1) is 13.1. The van der Waals surface area contributed by atoms with Gasteiger partial charge in [-0.25, -0.2) is 4.79 Å². The van der Waals surface area contributed by atoms with E-state index in [0.717, 1.165) is 5.56 Å². The molecule has 3 aromatic heterocycles. The lowest BCUT2D eigenvalue weighted by Crippen LogP contribution is -2.13. The number of carboxylic acids is 1. The number of aromatic nitrogens is 3. The van der Waals surface area contributed by atoms with Crippen LogP contribution in [0.4, 0.5) is 13.2 Å². The number of hydrogen-bond donors (Lipinski definition) is 1. The van der Waals surface area contributed by atoms with Gasteiger partial charge in [-0.2, -0.15) is 18.3 Å². The van der Waals surface area contributed by atoms with E-state index < -0.39 is 23.5 Å². The van der Waals surface area contributed by atoms with Crippen LogP contribution in [0.5, 0.6) is 0 Å². The van der Waals surface area contributed by atoms with Crippen molar-refractivity contribution in [2.75, 3.05) is 0 Å². The van der Waals surface area contributed by atoms with E-state index in [0.29, 0.717) is 17.8 Å². The van der Waals surface area contributed by atoms with Gasteiger partial charge in [0.2, 0.25) is 5.76 Å². The van der Waals surface area contributed by atoms with E-state index in [-0.39, 0.29) is 29.4 Å². The van der Waals surface area contributed by atoms with Gasteiger partial charge in [0.1, 0.15) is 11.3 Å². The number of hydrogen-bond acceptors (Lipinski definition) is 4. The van der Waals surface area contributed by atoms with Gasteiger partial charge in [0.15, 0.2) is 0 Å². The fourth-order valence-electron chi connectivity index (χ4n) is 3.51. The number of aromatic carboxylic acids is 1. The van der Waals surface area contributed by atoms with Gasteiger partial charge in [-0.15, -0.1) is 0 Å². The van der Waals surface area contributed by atoms with Crippen LogP contribution in [0.2, 0.25) is 0 Å². The maximum Gasteiger partial charge on any atom is 0.421 e. The van der Waals surface area contributed by atoms with E-state index in [1.54, 1.807) is 12.4 Å². The van der Waals surface area contributed by atoms with Crippen LogP contribution < -0.4 is 0 Å². The second-order valence-corrected chi connectivity index (χ2v) is 6.97. The number of furan rings is 1. The quantitative estimate of drug-likeness (QED) is 0.721. The summed E-state index contributed by atoms with van der Waals surface area (Å²) in [6.07, 6.45) is -1.30. The maximum atomic E-state index is 13.6. The van der Waals surface area contributed by atoms with Crippen molar-refractivity contribution in [3.05, 3.63) is 58.4 Å². The van der Waals surface area contributed by atoms with Gasteiger partial charge >= 0.3 is 12.1 Å². The molecule has 0 saturated heterocycles. The van der Waals surface area contributed by atoms with Gasteiger partial charge in [-0.1, -0.05) is 13.0 Å². The van der Waals surface area contributed by atoms with Gasteiger partial charge < -0.3 is 9.52 Å². The average Bonchev–Trinajstić information content (AvgIpc) is 3.18. The number of carboxylic acid groups (broad SMARTS) is 1. The zero-order chi connectivity index (χ0) is 20.2. The Morgan fingerprint density at radius 3 is 2.75 bits per heavy atom. The fraction of sp³-hybridized carbons (Fsp3) is 0.316. The molecule has 28 heavy (non-hydrogen) atoms. The van der Waals surface area contributed by atoms with Gasteiger partial charge in [-0.3, -0.25) is 9.67 Å². The van der Waals surface area contributed by atoms with Gasteiger partial charge in [0, 0.05) is 24.4 Å². The Kier molecular flexibility index (Phi) is 4.06. The number of rotatable bonds is 3. The van der Waals surface area contributed by atoms with Gasteiger partial charge in [0.25, 0.3) is 0 Å². The lowest BCUT2D eigenvalue weighted by Gasteiger charge is -2.17. The van der Waals surface area contributed by atoms with Crippen LogP contribution in [0.3, 0.4) is 0 Å². The first kappa shape index (κ1) is 18.3. The van der Waals surface area contributed by atoms with Crippen molar-refractivity contribution < 1.29 is 27.5 Å². The average molecular weight is 391 g/mol. The Labute approximate surface area is 157 Å². The van der Waals surface area contributed by atoms with Crippen LogP contribution in [-0.4, -0.2) is 25.8 Å². The summed E-state index contributed by atoms with van der Waals surface area (Å²) >= 11 is 0. The minimum atomic E-state index is -4.87. The van der Waals surface area contributed by atoms with Crippen molar-refractivity contribution in [2.24, 2.45) is 0 Å². The monoisotopic (exact) mass is 391 g/mol. The van der Waals surface area contributed by atoms with E-state index in [2.05, 4.69) is 10.1 Å². The number of carbonyl (C=O) groups is 1. The third-order valence-electron chi connectivity index (χ3n) is 4.80. The van der Waals surface area contributed by atoms with E-state index >= 15 is 0 Å². The summed E-state index contributed by atoms with van der Waals surface area (Å²) in [5.74, 6) is -2.99. The molecule has 9 heteroatoms. The minimum Gasteiger partial charge on any atom is -0.475 e. The molecule has 0 aliphatic heterocycles. The molecule has 1 N–H and O–H groups in total. The van der Waals surface area contributed by atoms with Crippen molar-refractivity contribution in [1.29, 1.82) is 0 Å². The van der Waals surface area contributed by atoms with Crippen LogP contribution in [0, 0.1) is 6.92 Å². The van der Waals surface area contributed by atoms with Gasteiger partial charge in [-0.05, 0) is 24.5 Å². The summed E-state index contributed by atoms with van der Waals surface area (Å²) in [5.41, 5.74) is 0.909. The highest BCUT2D eigenvalue weighted by atomic mass is 19.4. The molecule has 3 aromatic rings. The molecule has 0 radical (unpaired) electrons. The molecule has 4 rings (SSSR count). The number of fused-ring (bicyclic) bond motifs is 3. The van der Waals surface area contributed by atoms with Crippen molar-refractivity contribution in [3.63, 3.8) is 0 Å². The van der Waals surface area contributed by atoms with Crippen molar-refractivity contribution >= 4 is 5.97 Å². The molecule has 1 unspecified atom stereocenters. The molecular weight excluding hydrogens is 375 g/mol. The van der Waals surface area contributed by atoms with Gasteiger partial charge in [0.05, 0.1) is 23.5 Å². The summed E-state index contributed by atoms with van der Waals surface area (Å²) in [4.78, 5) is 15.6. The lowest BCUT2D eigenvalue weighted by atomic mass is 9.86. The molecule has 0 fully saturated rings. The van der Waals surface area contributed by atoms with E-state index in [1.807, 2.05) is 26.0 Å². The Balaban J connectivity index is 1.84. The van der Waals surface area contributed by atoms with E-state index in [4.69, 9.17) is 4.42 Å². The zero-order valence-electron chi connectivity index (χ0n) is 15.0. The number of alkyl halides is 3. The summed E-state index contributed by atoms with van der Waals surface area (Å²) < 4.78 is 47.6. The third-order valence-corrected chi connectivity index (χ3v) is 4.80. The van der Waals surface area contributed by atoms with Crippen molar-refractivity contribution in [1.82, 2.24) is 14.8 Å². The molecule has 1 aliphatic rings. The lowest BCUT2D eigenvalue weighted by molar-refractivity contribution is -0.138. The molecule has 3 heterocycles. The summed E-state index contributed by atoms with van der Waals surface area (Å²) in [6, 6.07) is 3.72. The predicted molar refractivity (Wildman–Crippen MR) is 92.1 cm³/mol. The second kappa shape index (κ2) is 6.22. The molecule has 0 amide bonds. The largest absolute Gasteiger partial charge is 0.475 e. The van der Waals surface area contributed by atoms with E-state index in [1.165, 1.54) is 4.68 Å². The molecule has 1 atom stereocenters. The standard InChI is InChI=1S/C19H16F3N3O3/c1-9-3-4-11(23-6-9)7-25-8-12-10(2)5-13-14(16(12)24-25)15(19(20,21)22)17(28-13)18(26)27/h3-4,6,8,10H,5,7H2,1-2H3,(H,26,27). The maximum absolute atomic E-state index is 13.6. The molecule has 0 saturated carbocycles. The Morgan fingerprint density at radius 2 is 2.14 bits per heavy atom. The smallest absolute Gasteiger partial charge is 0.421 e. The number of halogens is 3. The second-order valence-electron chi connectivity index (χ2n) is 6.97. The van der Waals surface area contributed by atoms with Crippen molar-refractivity contribution in [3.8, 4) is 11.3 Å². The summed E-state index contributed by atoms with van der Waals surface area (Å²) in [7, 11) is 0. The number of pyridine rings is 1. The first-order valence-corrected chi connectivity index (χ1v) is 8.60. The summed E-state index contributed by atoms with van der Waals surface area (Å²) in [5, 5.41) is 13.5. The highest BCUT2D eigenvalue weighted by Gasteiger charge is 2.46.